The van der Waals surface area contributed by atoms with Gasteiger partial charge in [0.1, 0.15) is 0 Å². The number of halogens is 3. The zero-order chi connectivity index (χ0) is 18.0. The van der Waals surface area contributed by atoms with E-state index in [9.17, 15) is 22.8 Å². The van der Waals surface area contributed by atoms with Crippen molar-refractivity contribution in [2.24, 2.45) is 5.92 Å². The van der Waals surface area contributed by atoms with Crippen LogP contribution < -0.4 is 10.6 Å². The molecule has 0 fully saturated rings. The minimum absolute atomic E-state index is 0.0430. The molecule has 0 spiro atoms. The van der Waals surface area contributed by atoms with Gasteiger partial charge in [0.15, 0.2) is 17.5 Å². The Bertz CT molecular complexity index is 839. The van der Waals surface area contributed by atoms with E-state index in [1.54, 1.807) is 0 Å². The zero-order valence-electron chi connectivity index (χ0n) is 13.1. The van der Waals surface area contributed by atoms with Gasteiger partial charge in [0.05, 0.1) is 5.69 Å². The maximum absolute atomic E-state index is 13.6. The summed E-state index contributed by atoms with van der Waals surface area (Å²) in [6.07, 6.45) is 0.727. The van der Waals surface area contributed by atoms with Crippen molar-refractivity contribution < 1.29 is 22.8 Å². The molecule has 2 aromatic rings. The highest BCUT2D eigenvalue weighted by Gasteiger charge is 2.26. The average molecular weight is 348 g/mol. The number of fused-ring (bicyclic) bond motifs is 1. The topological polar surface area (TPSA) is 58.2 Å². The van der Waals surface area contributed by atoms with Crippen LogP contribution in [-0.4, -0.2) is 11.8 Å². The average Bonchev–Trinajstić information content (AvgIpc) is 2.60. The summed E-state index contributed by atoms with van der Waals surface area (Å²) < 4.78 is 39.6. The Morgan fingerprint density at radius 1 is 1.12 bits per heavy atom. The van der Waals surface area contributed by atoms with Crippen LogP contribution in [0, 0.1) is 23.4 Å². The lowest BCUT2D eigenvalue weighted by molar-refractivity contribution is -0.121. The molecule has 3 rings (SSSR count). The molecular formula is C18H15F3N2O2. The third-order valence-corrected chi connectivity index (χ3v) is 4.14. The fraction of sp³-hybridized carbons (Fsp3) is 0.222. The van der Waals surface area contributed by atoms with Crippen LogP contribution >= 0.6 is 0 Å². The van der Waals surface area contributed by atoms with Crippen molar-refractivity contribution in [1.29, 1.82) is 0 Å². The van der Waals surface area contributed by atoms with Crippen molar-refractivity contribution in [1.82, 2.24) is 0 Å². The molecule has 25 heavy (non-hydrogen) atoms. The number of hydrogen-bond donors (Lipinski definition) is 2. The van der Waals surface area contributed by atoms with Crippen molar-refractivity contribution in [3.63, 3.8) is 0 Å². The fourth-order valence-corrected chi connectivity index (χ4v) is 2.79. The predicted octanol–water partition coefficient (Wildman–Crippen LogP) is 3.63. The Morgan fingerprint density at radius 2 is 1.88 bits per heavy atom. The Morgan fingerprint density at radius 3 is 2.68 bits per heavy atom. The number of para-hydroxylation sites is 1. The second-order valence-corrected chi connectivity index (χ2v) is 5.86. The standard InChI is InChI=1S/C18H15F3N2O2/c19-12-6-7-14(17(21)16(12)20)22-15(24)8-5-11-9-10-3-1-2-4-13(10)23-18(11)25/h1-4,6-7,11H,5,8-9H2,(H,22,24)(H,23,25)/t11-/m1/s1. The molecule has 0 saturated carbocycles. The minimum Gasteiger partial charge on any atom is -0.326 e. The normalized spacial score (nSPS) is 16.1. The van der Waals surface area contributed by atoms with Crippen LogP contribution in [0.1, 0.15) is 18.4 Å². The van der Waals surface area contributed by atoms with Crippen LogP contribution in [0.5, 0.6) is 0 Å². The number of amides is 2. The van der Waals surface area contributed by atoms with Gasteiger partial charge in [0.25, 0.3) is 0 Å². The molecule has 1 aliphatic rings. The van der Waals surface area contributed by atoms with Gasteiger partial charge < -0.3 is 10.6 Å². The molecular weight excluding hydrogens is 333 g/mol. The van der Waals surface area contributed by atoms with Crippen LogP contribution in [0.3, 0.4) is 0 Å². The molecule has 0 bridgehead atoms. The molecule has 7 heteroatoms. The minimum atomic E-state index is -1.64. The van der Waals surface area contributed by atoms with Gasteiger partial charge in [-0.3, -0.25) is 9.59 Å². The molecule has 1 atom stereocenters. The number of rotatable bonds is 4. The van der Waals surface area contributed by atoms with Gasteiger partial charge >= 0.3 is 0 Å². The van der Waals surface area contributed by atoms with Gasteiger partial charge in [-0.05, 0) is 36.6 Å². The molecule has 0 aliphatic carbocycles. The van der Waals surface area contributed by atoms with Crippen LogP contribution in [0.4, 0.5) is 24.5 Å². The van der Waals surface area contributed by atoms with Crippen LogP contribution in [0.25, 0.3) is 0 Å². The molecule has 1 heterocycles. The first-order chi connectivity index (χ1) is 12.0. The third-order valence-electron chi connectivity index (χ3n) is 4.14. The molecule has 2 aromatic carbocycles. The molecule has 1 aliphatic heterocycles. The van der Waals surface area contributed by atoms with Gasteiger partial charge in [-0.2, -0.15) is 0 Å². The van der Waals surface area contributed by atoms with E-state index in [1.807, 2.05) is 24.3 Å². The fourth-order valence-electron chi connectivity index (χ4n) is 2.79. The van der Waals surface area contributed by atoms with Gasteiger partial charge in [-0.1, -0.05) is 18.2 Å². The summed E-state index contributed by atoms with van der Waals surface area (Å²) in [5, 5.41) is 4.98. The van der Waals surface area contributed by atoms with Gasteiger partial charge in [0.2, 0.25) is 11.8 Å². The van der Waals surface area contributed by atoms with Gasteiger partial charge in [-0.15, -0.1) is 0 Å². The molecule has 130 valence electrons. The monoisotopic (exact) mass is 348 g/mol. The molecule has 2 amide bonds. The summed E-state index contributed by atoms with van der Waals surface area (Å²) >= 11 is 0. The van der Waals surface area contributed by atoms with Crippen molar-refractivity contribution in [3.05, 3.63) is 59.4 Å². The Balaban J connectivity index is 1.60. The van der Waals surface area contributed by atoms with E-state index in [1.165, 1.54) is 0 Å². The van der Waals surface area contributed by atoms with Crippen molar-refractivity contribution >= 4 is 23.2 Å². The molecule has 0 saturated heterocycles. The van der Waals surface area contributed by atoms with E-state index in [-0.39, 0.29) is 24.7 Å². The molecule has 0 aromatic heterocycles. The number of hydrogen-bond acceptors (Lipinski definition) is 2. The second kappa shape index (κ2) is 6.96. The van der Waals surface area contributed by atoms with E-state index in [0.717, 1.165) is 23.4 Å². The summed E-state index contributed by atoms with van der Waals surface area (Å²) in [6.45, 7) is 0. The first kappa shape index (κ1) is 17.0. The number of benzene rings is 2. The lowest BCUT2D eigenvalue weighted by atomic mass is 9.89. The van der Waals surface area contributed by atoms with E-state index in [4.69, 9.17) is 0 Å². The second-order valence-electron chi connectivity index (χ2n) is 5.86. The predicted molar refractivity (Wildman–Crippen MR) is 86.4 cm³/mol. The highest BCUT2D eigenvalue weighted by molar-refractivity contribution is 5.96. The number of carbonyl (C=O) groups excluding carboxylic acids is 2. The third kappa shape index (κ3) is 3.65. The molecule has 0 radical (unpaired) electrons. The SMILES string of the molecule is O=C(CC[C@@H]1Cc2ccccc2NC1=O)Nc1ccc(F)c(F)c1F. The molecule has 4 nitrogen and oxygen atoms in total. The first-order valence-corrected chi connectivity index (χ1v) is 7.78. The Kier molecular flexibility index (Phi) is 4.74. The summed E-state index contributed by atoms with van der Waals surface area (Å²) in [5.74, 6) is -5.54. The molecule has 0 unspecified atom stereocenters. The van der Waals surface area contributed by atoms with Crippen LogP contribution in [-0.2, 0) is 16.0 Å². The summed E-state index contributed by atoms with van der Waals surface area (Å²) in [5.41, 5.74) is 1.32. The number of nitrogens with one attached hydrogen (secondary N) is 2. The zero-order valence-corrected chi connectivity index (χ0v) is 13.1. The Hall–Kier alpha value is -2.83. The van der Waals surface area contributed by atoms with Crippen molar-refractivity contribution in [2.75, 3.05) is 10.6 Å². The maximum Gasteiger partial charge on any atom is 0.227 e. The summed E-state index contributed by atoms with van der Waals surface area (Å²) in [4.78, 5) is 24.0. The van der Waals surface area contributed by atoms with Gasteiger partial charge in [-0.25, -0.2) is 13.2 Å². The number of carbonyl (C=O) groups is 2. The van der Waals surface area contributed by atoms with E-state index in [2.05, 4.69) is 10.6 Å². The maximum atomic E-state index is 13.6. The quantitative estimate of drug-likeness (QED) is 0.829. The van der Waals surface area contributed by atoms with Crippen LogP contribution in [0.15, 0.2) is 36.4 Å². The van der Waals surface area contributed by atoms with Gasteiger partial charge in [0, 0.05) is 18.0 Å². The lowest BCUT2D eigenvalue weighted by Gasteiger charge is -2.24. The van der Waals surface area contributed by atoms with Crippen molar-refractivity contribution in [3.8, 4) is 0 Å². The highest BCUT2D eigenvalue weighted by Crippen LogP contribution is 2.28. The largest absolute Gasteiger partial charge is 0.326 e. The van der Waals surface area contributed by atoms with Crippen LogP contribution in [0.2, 0.25) is 0 Å². The van der Waals surface area contributed by atoms with E-state index < -0.39 is 29.0 Å². The van der Waals surface area contributed by atoms with Crippen molar-refractivity contribution in [2.45, 2.75) is 19.3 Å². The Labute approximate surface area is 142 Å². The first-order valence-electron chi connectivity index (χ1n) is 7.78. The lowest BCUT2D eigenvalue weighted by Crippen LogP contribution is -2.30. The highest BCUT2D eigenvalue weighted by atomic mass is 19.2. The molecule has 2 N–H and O–H groups in total. The summed E-state index contributed by atoms with van der Waals surface area (Å²) in [6, 6.07) is 9.09. The smallest absolute Gasteiger partial charge is 0.227 e. The summed E-state index contributed by atoms with van der Waals surface area (Å²) in [7, 11) is 0. The van der Waals surface area contributed by atoms with E-state index in [0.29, 0.717) is 6.42 Å². The number of anilines is 2. The van der Waals surface area contributed by atoms with E-state index >= 15 is 0 Å².